The van der Waals surface area contributed by atoms with Gasteiger partial charge in [0.25, 0.3) is 0 Å². The Morgan fingerprint density at radius 3 is 2.50 bits per heavy atom. The van der Waals surface area contributed by atoms with Crippen molar-refractivity contribution in [1.29, 1.82) is 0 Å². The monoisotopic (exact) mass is 198 g/mol. The number of nitrogens with zero attached hydrogens (tertiary/aromatic N) is 1. The van der Waals surface area contributed by atoms with Gasteiger partial charge in [-0.25, -0.2) is 0 Å². The highest BCUT2D eigenvalue weighted by atomic mass is 16.5. The molecular weight excluding hydrogens is 180 g/mol. The molecule has 2 aliphatic rings. The van der Waals surface area contributed by atoms with E-state index in [0.29, 0.717) is 23.0 Å². The molecule has 0 saturated heterocycles. The molecule has 0 bridgehead atoms. The molecule has 0 radical (unpaired) electrons. The smallest absolute Gasteiger partial charge is 0.0818 e. The third-order valence-electron chi connectivity index (χ3n) is 4.33. The van der Waals surface area contributed by atoms with Crippen LogP contribution in [-0.2, 0) is 0 Å². The van der Waals surface area contributed by atoms with Gasteiger partial charge in [0.2, 0.25) is 0 Å². The van der Waals surface area contributed by atoms with Crippen LogP contribution in [0.2, 0.25) is 0 Å². The predicted molar refractivity (Wildman–Crippen MR) is 52.5 cm³/mol. The van der Waals surface area contributed by atoms with Gasteiger partial charge in [-0.05, 0) is 37.0 Å². The summed E-state index contributed by atoms with van der Waals surface area (Å²) in [5.41, 5.74) is 2.76. The van der Waals surface area contributed by atoms with E-state index in [2.05, 4.69) is 24.5 Å². The van der Waals surface area contributed by atoms with E-state index >= 15 is 0 Å². The van der Waals surface area contributed by atoms with Gasteiger partial charge in [0.15, 0.2) is 0 Å². The van der Waals surface area contributed by atoms with Crippen LogP contribution in [0.3, 0.4) is 0 Å². The molecular formula is C10H18N2O2. The highest BCUT2D eigenvalue weighted by Gasteiger charge is 2.63. The summed E-state index contributed by atoms with van der Waals surface area (Å²) < 4.78 is 0. The fourth-order valence-electron chi connectivity index (χ4n) is 2.92. The molecule has 3 atom stereocenters. The Morgan fingerprint density at radius 2 is 2.00 bits per heavy atom. The topological polar surface area (TPSA) is 64.8 Å². The van der Waals surface area contributed by atoms with Crippen LogP contribution in [0.15, 0.2) is 5.16 Å². The van der Waals surface area contributed by atoms with Crippen LogP contribution in [-0.4, -0.2) is 21.7 Å². The largest absolute Gasteiger partial charge is 0.411 e. The first-order chi connectivity index (χ1) is 6.45. The summed E-state index contributed by atoms with van der Waals surface area (Å²) in [4.78, 5) is 0. The van der Waals surface area contributed by atoms with Crippen molar-refractivity contribution < 1.29 is 10.4 Å². The normalized spacial score (nSPS) is 47.6. The second kappa shape index (κ2) is 2.70. The summed E-state index contributed by atoms with van der Waals surface area (Å²) in [6.45, 7) is 6.35. The third-order valence-corrected chi connectivity index (χ3v) is 4.33. The Hall–Kier alpha value is -0.610. The molecule has 80 valence electrons. The summed E-state index contributed by atoms with van der Waals surface area (Å²) in [6, 6.07) is 0. The van der Waals surface area contributed by atoms with E-state index in [4.69, 9.17) is 10.4 Å². The van der Waals surface area contributed by atoms with E-state index in [1.54, 1.807) is 0 Å². The first kappa shape index (κ1) is 9.93. The maximum absolute atomic E-state index is 9.12. The molecule has 2 fully saturated rings. The number of nitrogens with one attached hydrogen (secondary N) is 1. The minimum Gasteiger partial charge on any atom is -0.411 e. The van der Waals surface area contributed by atoms with Crippen molar-refractivity contribution in [3.63, 3.8) is 0 Å². The van der Waals surface area contributed by atoms with E-state index < -0.39 is 5.54 Å². The van der Waals surface area contributed by atoms with Gasteiger partial charge in [-0.1, -0.05) is 19.0 Å². The molecule has 3 unspecified atom stereocenters. The summed E-state index contributed by atoms with van der Waals surface area (Å²) >= 11 is 0. The molecule has 0 heterocycles. The van der Waals surface area contributed by atoms with Crippen LogP contribution in [0.1, 0.15) is 33.6 Å². The standard InChI is InChI=1S/C10H18N2O2/c1-9(2)6-4-8(11-13)10(3,12-14)5-7(6)9/h6-7,12-14H,4-5H2,1-3H3/b11-8+. The maximum Gasteiger partial charge on any atom is 0.0818 e. The molecule has 2 aliphatic carbocycles. The lowest BCUT2D eigenvalue weighted by molar-refractivity contribution is 0.0902. The molecule has 0 aliphatic heterocycles. The van der Waals surface area contributed by atoms with Gasteiger partial charge in [-0.2, -0.15) is 5.48 Å². The van der Waals surface area contributed by atoms with Gasteiger partial charge in [0.1, 0.15) is 0 Å². The molecule has 0 amide bonds. The van der Waals surface area contributed by atoms with Crippen molar-refractivity contribution in [2.24, 2.45) is 22.4 Å². The van der Waals surface area contributed by atoms with Gasteiger partial charge in [0, 0.05) is 0 Å². The lowest BCUT2D eigenvalue weighted by Gasteiger charge is -2.32. The number of oxime groups is 1. The van der Waals surface area contributed by atoms with Gasteiger partial charge in [-0.3, -0.25) is 0 Å². The number of hydrogen-bond donors (Lipinski definition) is 3. The van der Waals surface area contributed by atoms with Crippen molar-refractivity contribution in [3.05, 3.63) is 0 Å². The third kappa shape index (κ3) is 1.10. The van der Waals surface area contributed by atoms with E-state index in [9.17, 15) is 0 Å². The fraction of sp³-hybridized carbons (Fsp3) is 0.900. The van der Waals surface area contributed by atoms with Crippen LogP contribution < -0.4 is 5.48 Å². The number of hydroxylamine groups is 1. The van der Waals surface area contributed by atoms with Gasteiger partial charge < -0.3 is 10.4 Å². The molecule has 3 N–H and O–H groups in total. The highest BCUT2D eigenvalue weighted by molar-refractivity contribution is 5.94. The SMILES string of the molecule is CC1(NO)CC2C(C/C1=N\O)C2(C)C. The van der Waals surface area contributed by atoms with Crippen molar-refractivity contribution in [2.75, 3.05) is 0 Å². The van der Waals surface area contributed by atoms with Crippen LogP contribution in [0.4, 0.5) is 0 Å². The molecule has 4 nitrogen and oxygen atoms in total. The summed E-state index contributed by atoms with van der Waals surface area (Å²) in [5.74, 6) is 1.26. The lowest BCUT2D eigenvalue weighted by Crippen LogP contribution is -2.50. The van der Waals surface area contributed by atoms with Crippen LogP contribution in [0, 0.1) is 17.3 Å². The van der Waals surface area contributed by atoms with Gasteiger partial charge in [0.05, 0.1) is 11.3 Å². The molecule has 14 heavy (non-hydrogen) atoms. The minimum absolute atomic E-state index is 0.338. The van der Waals surface area contributed by atoms with E-state index in [-0.39, 0.29) is 0 Å². The average molecular weight is 198 g/mol. The molecule has 0 spiro atoms. The van der Waals surface area contributed by atoms with Gasteiger partial charge >= 0.3 is 0 Å². The number of rotatable bonds is 1. The van der Waals surface area contributed by atoms with Crippen LogP contribution in [0.5, 0.6) is 0 Å². The quantitative estimate of drug-likeness (QED) is 0.443. The number of fused-ring (bicyclic) bond motifs is 1. The van der Waals surface area contributed by atoms with Gasteiger partial charge in [-0.15, -0.1) is 0 Å². The predicted octanol–water partition coefficient (Wildman–Crippen LogP) is 1.62. The second-order valence-electron chi connectivity index (χ2n) is 5.43. The molecule has 0 aromatic carbocycles. The number of hydrogen-bond acceptors (Lipinski definition) is 4. The van der Waals surface area contributed by atoms with E-state index in [1.807, 2.05) is 6.92 Å². The molecule has 0 aromatic heterocycles. The van der Waals surface area contributed by atoms with Crippen molar-refractivity contribution >= 4 is 5.71 Å². The van der Waals surface area contributed by atoms with Crippen molar-refractivity contribution in [1.82, 2.24) is 5.48 Å². The molecule has 0 aromatic rings. The molecule has 2 saturated carbocycles. The van der Waals surface area contributed by atoms with E-state index in [0.717, 1.165) is 12.8 Å². The Morgan fingerprint density at radius 1 is 1.36 bits per heavy atom. The zero-order valence-corrected chi connectivity index (χ0v) is 8.91. The molecule has 4 heteroatoms. The van der Waals surface area contributed by atoms with E-state index in [1.165, 1.54) is 0 Å². The zero-order valence-electron chi connectivity index (χ0n) is 8.91. The lowest BCUT2D eigenvalue weighted by atomic mass is 9.82. The Balaban J connectivity index is 2.23. The Bertz CT molecular complexity index is 288. The fourth-order valence-corrected chi connectivity index (χ4v) is 2.92. The molecule has 2 rings (SSSR count). The van der Waals surface area contributed by atoms with Crippen LogP contribution in [0.25, 0.3) is 0 Å². The summed E-state index contributed by atoms with van der Waals surface area (Å²) in [6.07, 6.45) is 1.64. The van der Waals surface area contributed by atoms with Crippen LogP contribution >= 0.6 is 0 Å². The maximum atomic E-state index is 9.12. The van der Waals surface area contributed by atoms with Crippen molar-refractivity contribution in [2.45, 2.75) is 39.2 Å². The average Bonchev–Trinajstić information content (AvgIpc) is 2.66. The highest BCUT2D eigenvalue weighted by Crippen LogP contribution is 2.65. The second-order valence-corrected chi connectivity index (χ2v) is 5.43. The summed E-state index contributed by atoms with van der Waals surface area (Å²) in [7, 11) is 0. The van der Waals surface area contributed by atoms with Crippen molar-refractivity contribution in [3.8, 4) is 0 Å². The first-order valence-electron chi connectivity index (χ1n) is 5.08. The zero-order chi connectivity index (χ0) is 10.6. The summed E-state index contributed by atoms with van der Waals surface area (Å²) in [5, 5.41) is 21.3. The Kier molecular flexibility index (Phi) is 1.92. The Labute approximate surface area is 84.0 Å². The first-order valence-corrected chi connectivity index (χ1v) is 5.08. The minimum atomic E-state index is -0.538.